The monoisotopic (exact) mass is 319 g/mol. The van der Waals surface area contributed by atoms with Crippen molar-refractivity contribution in [3.63, 3.8) is 0 Å². The summed E-state index contributed by atoms with van der Waals surface area (Å²) in [6, 6.07) is 2.54. The van der Waals surface area contributed by atoms with Crippen LogP contribution in [0.15, 0.2) is 28.9 Å². The molecule has 2 aromatic rings. The highest BCUT2D eigenvalue weighted by Gasteiger charge is 2.27. The van der Waals surface area contributed by atoms with Gasteiger partial charge in [-0.25, -0.2) is 4.98 Å². The SMILES string of the molecule is CCn1ccnc1N1CCN(C(=O)c2ccc([N+](=O)[O-])o2)CC1. The predicted octanol–water partition coefficient (Wildman–Crippen LogP) is 1.37. The molecular weight excluding hydrogens is 302 g/mol. The number of hydrogen-bond acceptors (Lipinski definition) is 6. The van der Waals surface area contributed by atoms with Crippen molar-refractivity contribution in [1.29, 1.82) is 0 Å². The highest BCUT2D eigenvalue weighted by atomic mass is 16.6. The number of anilines is 1. The summed E-state index contributed by atoms with van der Waals surface area (Å²) in [5.74, 6) is 0.155. The van der Waals surface area contributed by atoms with Crippen molar-refractivity contribution >= 4 is 17.7 Å². The van der Waals surface area contributed by atoms with Crippen LogP contribution in [0.5, 0.6) is 0 Å². The van der Waals surface area contributed by atoms with E-state index in [0.29, 0.717) is 26.2 Å². The number of nitrogens with zero attached hydrogens (tertiary/aromatic N) is 5. The maximum atomic E-state index is 12.3. The van der Waals surface area contributed by atoms with Gasteiger partial charge in [0.05, 0.1) is 6.07 Å². The van der Waals surface area contributed by atoms with Gasteiger partial charge < -0.3 is 18.8 Å². The number of nitro groups is 1. The van der Waals surface area contributed by atoms with Crippen LogP contribution in [0.4, 0.5) is 11.8 Å². The summed E-state index contributed by atoms with van der Waals surface area (Å²) in [4.78, 5) is 30.4. The van der Waals surface area contributed by atoms with Crippen LogP contribution in [-0.4, -0.2) is 51.5 Å². The largest absolute Gasteiger partial charge is 0.433 e. The molecule has 0 saturated carbocycles. The zero-order valence-electron chi connectivity index (χ0n) is 12.7. The van der Waals surface area contributed by atoms with Gasteiger partial charge in [-0.15, -0.1) is 0 Å². The van der Waals surface area contributed by atoms with Crippen molar-refractivity contribution in [3.8, 4) is 0 Å². The Morgan fingerprint density at radius 3 is 2.70 bits per heavy atom. The second-order valence-electron chi connectivity index (χ2n) is 5.19. The van der Waals surface area contributed by atoms with E-state index in [1.165, 1.54) is 12.1 Å². The van der Waals surface area contributed by atoms with Gasteiger partial charge in [-0.05, 0) is 13.0 Å². The van der Waals surface area contributed by atoms with Crippen LogP contribution in [0.25, 0.3) is 0 Å². The first-order chi connectivity index (χ1) is 11.1. The Kier molecular flexibility index (Phi) is 4.00. The molecule has 3 heterocycles. The number of aromatic nitrogens is 2. The van der Waals surface area contributed by atoms with Crippen LogP contribution in [0.3, 0.4) is 0 Å². The smallest absolute Gasteiger partial charge is 0.395 e. The standard InChI is InChI=1S/C14H17N5O4/c1-2-16-6-5-15-14(16)18-9-7-17(8-10-18)13(20)11-3-4-12(23-11)19(21)22/h3-6H,2,7-10H2,1H3. The van der Waals surface area contributed by atoms with Crippen LogP contribution < -0.4 is 4.90 Å². The second-order valence-corrected chi connectivity index (χ2v) is 5.19. The molecule has 122 valence electrons. The highest BCUT2D eigenvalue weighted by Crippen LogP contribution is 2.19. The van der Waals surface area contributed by atoms with Gasteiger partial charge in [0, 0.05) is 45.1 Å². The number of rotatable bonds is 4. The third kappa shape index (κ3) is 2.89. The van der Waals surface area contributed by atoms with E-state index < -0.39 is 10.8 Å². The molecule has 1 fully saturated rings. The number of imidazole rings is 1. The molecule has 1 amide bonds. The number of carbonyl (C=O) groups is 1. The Balaban J connectivity index is 1.64. The molecule has 3 rings (SSSR count). The van der Waals surface area contributed by atoms with E-state index in [1.807, 2.05) is 10.8 Å². The quantitative estimate of drug-likeness (QED) is 0.623. The van der Waals surface area contributed by atoms with Gasteiger partial charge in [-0.2, -0.15) is 0 Å². The molecular formula is C14H17N5O4. The summed E-state index contributed by atoms with van der Waals surface area (Å²) < 4.78 is 7.02. The average Bonchev–Trinajstić information content (AvgIpc) is 3.23. The lowest BCUT2D eigenvalue weighted by molar-refractivity contribution is -0.402. The minimum Gasteiger partial charge on any atom is -0.395 e. The van der Waals surface area contributed by atoms with Crippen molar-refractivity contribution in [2.24, 2.45) is 0 Å². The highest BCUT2D eigenvalue weighted by molar-refractivity contribution is 5.91. The Hall–Kier alpha value is -2.84. The fraction of sp³-hybridized carbons (Fsp3) is 0.429. The number of carbonyl (C=O) groups excluding carboxylic acids is 1. The molecule has 9 nitrogen and oxygen atoms in total. The summed E-state index contributed by atoms with van der Waals surface area (Å²) in [6.07, 6.45) is 3.69. The van der Waals surface area contributed by atoms with Gasteiger partial charge in [0.15, 0.2) is 5.76 Å². The maximum Gasteiger partial charge on any atom is 0.433 e. The lowest BCUT2D eigenvalue weighted by Crippen LogP contribution is -2.49. The van der Waals surface area contributed by atoms with Gasteiger partial charge in [0.1, 0.15) is 4.92 Å². The van der Waals surface area contributed by atoms with Crippen molar-refractivity contribution in [1.82, 2.24) is 14.5 Å². The van der Waals surface area contributed by atoms with E-state index in [0.717, 1.165) is 12.5 Å². The Morgan fingerprint density at radius 2 is 2.09 bits per heavy atom. The maximum absolute atomic E-state index is 12.3. The molecule has 1 saturated heterocycles. The molecule has 0 radical (unpaired) electrons. The molecule has 0 N–H and O–H groups in total. The zero-order chi connectivity index (χ0) is 16.4. The molecule has 0 unspecified atom stereocenters. The minimum atomic E-state index is -0.653. The van der Waals surface area contributed by atoms with Gasteiger partial charge in [-0.3, -0.25) is 14.9 Å². The van der Waals surface area contributed by atoms with E-state index in [9.17, 15) is 14.9 Å². The molecule has 1 aliphatic heterocycles. The number of aryl methyl sites for hydroxylation is 1. The number of hydrogen-bond donors (Lipinski definition) is 0. The third-order valence-electron chi connectivity index (χ3n) is 3.87. The number of furan rings is 1. The van der Waals surface area contributed by atoms with E-state index in [-0.39, 0.29) is 11.7 Å². The first-order valence-corrected chi connectivity index (χ1v) is 7.39. The summed E-state index contributed by atoms with van der Waals surface area (Å²) in [5.41, 5.74) is 0. The molecule has 0 atom stereocenters. The van der Waals surface area contributed by atoms with Crippen molar-refractivity contribution in [3.05, 3.63) is 40.4 Å². The number of piperazine rings is 1. The Bertz CT molecular complexity index is 714. The van der Waals surface area contributed by atoms with Crippen LogP contribution in [-0.2, 0) is 6.54 Å². The molecule has 0 bridgehead atoms. The van der Waals surface area contributed by atoms with Gasteiger partial charge in [0.25, 0.3) is 5.91 Å². The minimum absolute atomic E-state index is 0.000193. The first-order valence-electron chi connectivity index (χ1n) is 7.39. The molecule has 2 aromatic heterocycles. The van der Waals surface area contributed by atoms with Crippen LogP contribution in [0.1, 0.15) is 17.5 Å². The van der Waals surface area contributed by atoms with Crippen molar-refractivity contribution in [2.75, 3.05) is 31.1 Å². The molecule has 9 heteroatoms. The molecule has 23 heavy (non-hydrogen) atoms. The summed E-state index contributed by atoms with van der Waals surface area (Å²) >= 11 is 0. The summed E-state index contributed by atoms with van der Waals surface area (Å²) in [5, 5.41) is 10.6. The fourth-order valence-corrected chi connectivity index (χ4v) is 2.64. The lowest BCUT2D eigenvalue weighted by Gasteiger charge is -2.35. The van der Waals surface area contributed by atoms with Gasteiger partial charge in [0.2, 0.25) is 5.95 Å². The van der Waals surface area contributed by atoms with E-state index >= 15 is 0 Å². The lowest BCUT2D eigenvalue weighted by atomic mass is 10.3. The summed E-state index contributed by atoms with van der Waals surface area (Å²) in [7, 11) is 0. The summed E-state index contributed by atoms with van der Waals surface area (Å²) in [6.45, 7) is 5.24. The zero-order valence-corrected chi connectivity index (χ0v) is 12.7. The van der Waals surface area contributed by atoms with Crippen LogP contribution in [0, 0.1) is 10.1 Å². The van der Waals surface area contributed by atoms with Crippen LogP contribution >= 0.6 is 0 Å². The average molecular weight is 319 g/mol. The molecule has 0 aliphatic carbocycles. The molecule has 1 aliphatic rings. The predicted molar refractivity (Wildman–Crippen MR) is 81.4 cm³/mol. The molecule has 0 aromatic carbocycles. The number of amides is 1. The first kappa shape index (κ1) is 15.1. The van der Waals surface area contributed by atoms with E-state index in [4.69, 9.17) is 4.42 Å². The van der Waals surface area contributed by atoms with Crippen molar-refractivity contribution < 1.29 is 14.1 Å². The second kappa shape index (κ2) is 6.11. The van der Waals surface area contributed by atoms with E-state index in [2.05, 4.69) is 16.8 Å². The van der Waals surface area contributed by atoms with Crippen LogP contribution in [0.2, 0.25) is 0 Å². The fourth-order valence-electron chi connectivity index (χ4n) is 2.64. The Labute approximate surface area is 132 Å². The van der Waals surface area contributed by atoms with Gasteiger partial charge in [-0.1, -0.05) is 0 Å². The van der Waals surface area contributed by atoms with E-state index in [1.54, 1.807) is 11.1 Å². The molecule has 0 spiro atoms. The normalized spacial score (nSPS) is 15.0. The third-order valence-corrected chi connectivity index (χ3v) is 3.87. The Morgan fingerprint density at radius 1 is 1.35 bits per heavy atom. The van der Waals surface area contributed by atoms with Gasteiger partial charge >= 0.3 is 5.88 Å². The van der Waals surface area contributed by atoms with Crippen molar-refractivity contribution in [2.45, 2.75) is 13.5 Å². The topological polar surface area (TPSA) is 97.7 Å².